The highest BCUT2D eigenvalue weighted by molar-refractivity contribution is 5.15. The lowest BCUT2D eigenvalue weighted by molar-refractivity contribution is -0.299. The molecular formula is C29H34O5. The summed E-state index contributed by atoms with van der Waals surface area (Å²) in [6, 6.07) is 30.4. The predicted molar refractivity (Wildman–Crippen MR) is 131 cm³/mol. The maximum absolute atomic E-state index is 6.47. The summed E-state index contributed by atoms with van der Waals surface area (Å²) < 4.78 is 31.4. The molecule has 1 heterocycles. The van der Waals surface area contributed by atoms with Crippen LogP contribution in [0.2, 0.25) is 0 Å². The van der Waals surface area contributed by atoms with Crippen molar-refractivity contribution < 1.29 is 23.7 Å². The lowest BCUT2D eigenvalue weighted by Gasteiger charge is -2.41. The predicted octanol–water partition coefficient (Wildman–Crippen LogP) is 5.53. The molecule has 0 aliphatic carbocycles. The van der Waals surface area contributed by atoms with Crippen molar-refractivity contribution in [3.05, 3.63) is 108 Å². The highest BCUT2D eigenvalue weighted by Crippen LogP contribution is 2.27. The molecule has 0 aromatic heterocycles. The van der Waals surface area contributed by atoms with Crippen LogP contribution in [0.15, 0.2) is 91.0 Å². The molecule has 1 saturated heterocycles. The lowest BCUT2D eigenvalue weighted by atomic mass is 10.0. The molecule has 0 radical (unpaired) electrons. The number of hydrogen-bond donors (Lipinski definition) is 0. The highest BCUT2D eigenvalue weighted by atomic mass is 16.7. The largest absolute Gasteiger partial charge is 0.368 e. The summed E-state index contributed by atoms with van der Waals surface area (Å²) in [7, 11) is 0. The van der Waals surface area contributed by atoms with E-state index < -0.39 is 12.4 Å². The first-order valence-electron chi connectivity index (χ1n) is 12.0. The fourth-order valence-corrected chi connectivity index (χ4v) is 3.95. The van der Waals surface area contributed by atoms with E-state index in [0.717, 1.165) is 23.1 Å². The summed E-state index contributed by atoms with van der Waals surface area (Å²) in [6.45, 7) is 4.44. The van der Waals surface area contributed by atoms with E-state index in [4.69, 9.17) is 23.7 Å². The lowest BCUT2D eigenvalue weighted by Crippen LogP contribution is -2.56. The molecule has 0 amide bonds. The van der Waals surface area contributed by atoms with Crippen molar-refractivity contribution in [2.24, 2.45) is 0 Å². The molecule has 1 fully saturated rings. The van der Waals surface area contributed by atoms with Gasteiger partial charge in [0.2, 0.25) is 0 Å². The van der Waals surface area contributed by atoms with Gasteiger partial charge >= 0.3 is 0 Å². The standard InChI is InChI=1S/C29H34O5/c1-2-18-30-29-28(33-21-25-16-10-5-11-17-25)27(32-20-24-14-8-4-9-15-24)26(22-34-29)31-19-23-12-6-3-7-13-23/h3-17,26-29H,2,18-22H2,1H3/t26-,27+,28-,29-/m1/s1. The summed E-state index contributed by atoms with van der Waals surface area (Å²) in [5, 5.41) is 0. The zero-order chi connectivity index (χ0) is 23.4. The van der Waals surface area contributed by atoms with E-state index in [1.54, 1.807) is 0 Å². The maximum atomic E-state index is 6.47. The van der Waals surface area contributed by atoms with Gasteiger partial charge in [-0.05, 0) is 23.1 Å². The number of hydrogen-bond acceptors (Lipinski definition) is 5. The molecule has 0 spiro atoms. The van der Waals surface area contributed by atoms with E-state index in [9.17, 15) is 0 Å². The first-order valence-corrected chi connectivity index (χ1v) is 12.0. The zero-order valence-electron chi connectivity index (χ0n) is 19.8. The Balaban J connectivity index is 1.51. The van der Waals surface area contributed by atoms with Gasteiger partial charge in [-0.2, -0.15) is 0 Å². The van der Waals surface area contributed by atoms with Crippen molar-refractivity contribution in [3.8, 4) is 0 Å². The Bertz CT molecular complexity index is 935. The number of benzene rings is 3. The van der Waals surface area contributed by atoms with Gasteiger partial charge in [-0.1, -0.05) is 97.9 Å². The quantitative estimate of drug-likeness (QED) is 0.354. The van der Waals surface area contributed by atoms with Gasteiger partial charge in [0.25, 0.3) is 0 Å². The summed E-state index contributed by atoms with van der Waals surface area (Å²) in [5.41, 5.74) is 3.30. The van der Waals surface area contributed by atoms with Crippen LogP contribution in [0.1, 0.15) is 30.0 Å². The van der Waals surface area contributed by atoms with Gasteiger partial charge in [0, 0.05) is 6.61 Å². The second-order valence-electron chi connectivity index (χ2n) is 8.43. The van der Waals surface area contributed by atoms with E-state index in [1.807, 2.05) is 54.6 Å². The van der Waals surface area contributed by atoms with Crippen LogP contribution >= 0.6 is 0 Å². The summed E-state index contributed by atoms with van der Waals surface area (Å²) in [5.74, 6) is 0. The van der Waals surface area contributed by atoms with Gasteiger partial charge in [0.05, 0.1) is 26.4 Å². The maximum Gasteiger partial charge on any atom is 0.186 e. The van der Waals surface area contributed by atoms with Gasteiger partial charge in [0.15, 0.2) is 6.29 Å². The van der Waals surface area contributed by atoms with Crippen LogP contribution in [-0.2, 0) is 43.5 Å². The fraction of sp³-hybridized carbons (Fsp3) is 0.379. The summed E-state index contributed by atoms with van der Waals surface area (Å²) in [4.78, 5) is 0. The van der Waals surface area contributed by atoms with Crippen LogP contribution in [0, 0.1) is 0 Å². The van der Waals surface area contributed by atoms with E-state index >= 15 is 0 Å². The molecule has 0 saturated carbocycles. The average Bonchev–Trinajstić information content (AvgIpc) is 2.90. The van der Waals surface area contributed by atoms with E-state index in [0.29, 0.717) is 33.0 Å². The van der Waals surface area contributed by atoms with Crippen molar-refractivity contribution in [1.82, 2.24) is 0 Å². The average molecular weight is 463 g/mol. The minimum atomic E-state index is -0.513. The van der Waals surface area contributed by atoms with Crippen molar-refractivity contribution in [2.75, 3.05) is 13.2 Å². The molecule has 3 aromatic rings. The summed E-state index contributed by atoms with van der Waals surface area (Å²) >= 11 is 0. The Labute approximate surface area is 202 Å². The van der Waals surface area contributed by atoms with Crippen molar-refractivity contribution in [2.45, 2.75) is 57.8 Å². The molecule has 180 valence electrons. The van der Waals surface area contributed by atoms with Crippen LogP contribution in [0.25, 0.3) is 0 Å². The molecule has 0 bridgehead atoms. The fourth-order valence-electron chi connectivity index (χ4n) is 3.95. The Hall–Kier alpha value is -2.54. The van der Waals surface area contributed by atoms with Crippen molar-refractivity contribution in [1.29, 1.82) is 0 Å². The molecule has 0 N–H and O–H groups in total. The first kappa shape index (κ1) is 24.6. The molecule has 4 rings (SSSR count). The zero-order valence-corrected chi connectivity index (χ0v) is 19.8. The molecule has 4 atom stereocenters. The third-order valence-corrected chi connectivity index (χ3v) is 5.75. The van der Waals surface area contributed by atoms with Crippen LogP contribution in [0.5, 0.6) is 0 Å². The topological polar surface area (TPSA) is 46.2 Å². The van der Waals surface area contributed by atoms with Crippen LogP contribution in [0.3, 0.4) is 0 Å². The second kappa shape index (κ2) is 13.4. The van der Waals surface area contributed by atoms with Gasteiger partial charge < -0.3 is 23.7 Å². The summed E-state index contributed by atoms with van der Waals surface area (Å²) in [6.07, 6.45) is -0.672. The molecular weight excluding hydrogens is 428 g/mol. The van der Waals surface area contributed by atoms with Crippen LogP contribution < -0.4 is 0 Å². The molecule has 3 aromatic carbocycles. The molecule has 34 heavy (non-hydrogen) atoms. The van der Waals surface area contributed by atoms with Crippen LogP contribution in [-0.4, -0.2) is 37.8 Å². The molecule has 1 aliphatic rings. The Morgan fingerprint density at radius 3 is 1.59 bits per heavy atom. The van der Waals surface area contributed by atoms with Gasteiger partial charge in [0.1, 0.15) is 18.3 Å². The SMILES string of the molecule is CCCO[C@@H]1OC[C@@H](OCc2ccccc2)[C@H](OCc2ccccc2)[C@H]1OCc1ccccc1. The van der Waals surface area contributed by atoms with Gasteiger partial charge in [-0.3, -0.25) is 0 Å². The van der Waals surface area contributed by atoms with Crippen LogP contribution in [0.4, 0.5) is 0 Å². The highest BCUT2D eigenvalue weighted by Gasteiger charge is 2.43. The van der Waals surface area contributed by atoms with Crippen molar-refractivity contribution >= 4 is 0 Å². The molecule has 5 heteroatoms. The molecule has 5 nitrogen and oxygen atoms in total. The third-order valence-electron chi connectivity index (χ3n) is 5.75. The van der Waals surface area contributed by atoms with E-state index in [2.05, 4.69) is 43.3 Å². The Kier molecular flexibility index (Phi) is 9.67. The normalized spacial score (nSPS) is 22.5. The van der Waals surface area contributed by atoms with Gasteiger partial charge in [-0.25, -0.2) is 0 Å². The first-order chi connectivity index (χ1) is 16.8. The Morgan fingerprint density at radius 2 is 1.09 bits per heavy atom. The van der Waals surface area contributed by atoms with E-state index in [1.165, 1.54) is 0 Å². The monoisotopic (exact) mass is 462 g/mol. The van der Waals surface area contributed by atoms with Gasteiger partial charge in [-0.15, -0.1) is 0 Å². The Morgan fingerprint density at radius 1 is 0.618 bits per heavy atom. The third kappa shape index (κ3) is 7.23. The minimum Gasteiger partial charge on any atom is -0.368 e. The number of rotatable bonds is 12. The molecule has 0 unspecified atom stereocenters. The smallest absolute Gasteiger partial charge is 0.186 e. The second-order valence-corrected chi connectivity index (χ2v) is 8.43. The minimum absolute atomic E-state index is 0.286. The van der Waals surface area contributed by atoms with Crippen molar-refractivity contribution in [3.63, 3.8) is 0 Å². The number of ether oxygens (including phenoxy) is 5. The molecule has 1 aliphatic heterocycles. The van der Waals surface area contributed by atoms with E-state index in [-0.39, 0.29) is 12.2 Å².